The molecule has 2 aromatic rings. The average molecular weight is 489 g/mol. The number of hydrogen-bond donors (Lipinski definition) is 2. The fourth-order valence-electron chi connectivity index (χ4n) is 2.25. The topological polar surface area (TPSA) is 58.5 Å². The van der Waals surface area contributed by atoms with Crippen molar-refractivity contribution in [2.75, 3.05) is 20.2 Å². The first-order valence-electron chi connectivity index (χ1n) is 8.48. The van der Waals surface area contributed by atoms with E-state index in [1.54, 1.807) is 19.3 Å². The van der Waals surface area contributed by atoms with Crippen LogP contribution in [-0.2, 0) is 13.0 Å². The normalized spacial score (nSPS) is 10.8. The van der Waals surface area contributed by atoms with E-state index in [0.717, 1.165) is 48.8 Å². The van der Waals surface area contributed by atoms with Crippen LogP contribution in [0.15, 0.2) is 47.6 Å². The molecule has 0 saturated carbocycles. The molecule has 1 aromatic heterocycles. The molecule has 0 spiro atoms. The summed E-state index contributed by atoms with van der Waals surface area (Å²) in [6, 6.07) is 11.9. The molecule has 0 radical (unpaired) electrons. The van der Waals surface area contributed by atoms with Crippen LogP contribution in [0.3, 0.4) is 0 Å². The summed E-state index contributed by atoms with van der Waals surface area (Å²) in [6.07, 6.45) is 3.65. The predicted octanol–water partition coefficient (Wildman–Crippen LogP) is 4.05. The smallest absolute Gasteiger partial charge is 0.191 e. The molecule has 1 heterocycles. The highest BCUT2D eigenvalue weighted by Gasteiger charge is 2.01. The summed E-state index contributed by atoms with van der Waals surface area (Å²) >= 11 is 5.79. The highest BCUT2D eigenvalue weighted by Crippen LogP contribution is 2.13. The van der Waals surface area contributed by atoms with Crippen LogP contribution in [0.1, 0.15) is 24.5 Å². The molecule has 0 bridgehead atoms. The van der Waals surface area contributed by atoms with Crippen LogP contribution >= 0.6 is 35.6 Å². The molecule has 2 rings (SSSR count). The van der Waals surface area contributed by atoms with E-state index in [4.69, 9.17) is 16.3 Å². The molecule has 0 aliphatic heterocycles. The maximum absolute atomic E-state index is 5.79. The van der Waals surface area contributed by atoms with Crippen molar-refractivity contribution in [2.24, 2.45) is 4.99 Å². The molecule has 0 aliphatic carbocycles. The third-order valence-electron chi connectivity index (χ3n) is 3.55. The van der Waals surface area contributed by atoms with Gasteiger partial charge in [-0.15, -0.1) is 24.0 Å². The van der Waals surface area contributed by atoms with Gasteiger partial charge >= 0.3 is 0 Å². The van der Waals surface area contributed by atoms with E-state index in [-0.39, 0.29) is 24.0 Å². The summed E-state index contributed by atoms with van der Waals surface area (Å²) in [6.45, 7) is 4.29. The molecule has 142 valence electrons. The third kappa shape index (κ3) is 8.23. The lowest BCUT2D eigenvalue weighted by molar-refractivity contribution is 0.317. The van der Waals surface area contributed by atoms with Gasteiger partial charge in [0.25, 0.3) is 0 Å². The van der Waals surface area contributed by atoms with Gasteiger partial charge < -0.3 is 15.4 Å². The van der Waals surface area contributed by atoms with E-state index < -0.39 is 0 Å². The summed E-state index contributed by atoms with van der Waals surface area (Å²) in [5.74, 6) is 1.67. The number of benzene rings is 1. The molecule has 26 heavy (non-hydrogen) atoms. The summed E-state index contributed by atoms with van der Waals surface area (Å²) in [7, 11) is 1.76. The van der Waals surface area contributed by atoms with Crippen molar-refractivity contribution in [1.29, 1.82) is 0 Å². The molecule has 0 atom stereocenters. The Morgan fingerprint density at radius 3 is 2.73 bits per heavy atom. The van der Waals surface area contributed by atoms with E-state index >= 15 is 0 Å². The Hall–Kier alpha value is -1.54. The Kier molecular flexibility index (Phi) is 11.0. The van der Waals surface area contributed by atoms with Gasteiger partial charge in [0, 0.05) is 26.3 Å². The summed E-state index contributed by atoms with van der Waals surface area (Å²) in [5, 5.41) is 7.12. The second-order valence-electron chi connectivity index (χ2n) is 5.59. The van der Waals surface area contributed by atoms with Gasteiger partial charge in [-0.25, -0.2) is 4.98 Å². The van der Waals surface area contributed by atoms with Crippen molar-refractivity contribution in [3.8, 4) is 5.75 Å². The monoisotopic (exact) mass is 488 g/mol. The van der Waals surface area contributed by atoms with Crippen LogP contribution in [0.5, 0.6) is 5.75 Å². The van der Waals surface area contributed by atoms with Gasteiger partial charge in [0.2, 0.25) is 0 Å². The van der Waals surface area contributed by atoms with Crippen molar-refractivity contribution in [1.82, 2.24) is 15.6 Å². The Balaban J connectivity index is 0.00000338. The summed E-state index contributed by atoms with van der Waals surface area (Å²) in [4.78, 5) is 8.33. The second-order valence-corrected chi connectivity index (χ2v) is 5.97. The van der Waals surface area contributed by atoms with E-state index in [1.807, 2.05) is 18.2 Å². The van der Waals surface area contributed by atoms with Crippen LogP contribution < -0.4 is 15.4 Å². The van der Waals surface area contributed by atoms with Crippen LogP contribution in [0, 0.1) is 0 Å². The summed E-state index contributed by atoms with van der Waals surface area (Å²) < 4.78 is 5.66. The number of aromatic nitrogens is 1. The van der Waals surface area contributed by atoms with Crippen LogP contribution in [0.25, 0.3) is 0 Å². The van der Waals surface area contributed by atoms with Crippen molar-refractivity contribution >= 4 is 41.5 Å². The van der Waals surface area contributed by atoms with Gasteiger partial charge in [-0.1, -0.05) is 36.7 Å². The van der Waals surface area contributed by atoms with E-state index in [1.165, 1.54) is 0 Å². The minimum Gasteiger partial charge on any atom is -0.494 e. The third-order valence-corrected chi connectivity index (χ3v) is 3.77. The quantitative estimate of drug-likeness (QED) is 0.255. The number of hydrogen-bond acceptors (Lipinski definition) is 3. The number of pyridine rings is 1. The molecule has 0 aliphatic rings. The van der Waals surface area contributed by atoms with Gasteiger partial charge in [0.15, 0.2) is 5.96 Å². The van der Waals surface area contributed by atoms with Gasteiger partial charge in [0.1, 0.15) is 10.9 Å². The average Bonchev–Trinajstić information content (AvgIpc) is 2.64. The Morgan fingerprint density at radius 1 is 1.19 bits per heavy atom. The highest BCUT2D eigenvalue weighted by atomic mass is 127. The lowest BCUT2D eigenvalue weighted by Crippen LogP contribution is -2.37. The minimum atomic E-state index is 0. The van der Waals surface area contributed by atoms with Crippen LogP contribution in [-0.4, -0.2) is 31.1 Å². The van der Waals surface area contributed by atoms with E-state index in [0.29, 0.717) is 11.7 Å². The zero-order valence-corrected chi connectivity index (χ0v) is 18.3. The molecular weight excluding hydrogens is 463 g/mol. The SMILES string of the molecule is CCCOc1cccc(CNC(=NC)NCCc2ccc(Cl)nc2)c1.I. The zero-order chi connectivity index (χ0) is 17.9. The van der Waals surface area contributed by atoms with Gasteiger partial charge in [-0.05, 0) is 42.2 Å². The molecule has 0 fully saturated rings. The molecule has 0 saturated heterocycles. The molecule has 0 amide bonds. The van der Waals surface area contributed by atoms with Crippen molar-refractivity contribution < 1.29 is 4.74 Å². The maximum Gasteiger partial charge on any atom is 0.191 e. The van der Waals surface area contributed by atoms with Crippen LogP contribution in [0.2, 0.25) is 5.15 Å². The molecular formula is C19H26ClIN4O. The number of rotatable bonds is 8. The molecule has 1 aromatic carbocycles. The first-order valence-corrected chi connectivity index (χ1v) is 8.85. The second kappa shape index (κ2) is 12.8. The standard InChI is InChI=1S/C19H25ClN4O.HI/c1-3-11-25-17-6-4-5-16(12-17)14-24-19(21-2)22-10-9-15-7-8-18(20)23-13-15;/h4-8,12-13H,3,9-11,14H2,1-2H3,(H2,21,22,24);1H. The Labute approximate surface area is 177 Å². The summed E-state index contributed by atoms with van der Waals surface area (Å²) in [5.41, 5.74) is 2.28. The van der Waals surface area contributed by atoms with Crippen molar-refractivity contribution in [3.63, 3.8) is 0 Å². The first kappa shape index (κ1) is 22.5. The molecule has 7 heteroatoms. The largest absolute Gasteiger partial charge is 0.494 e. The number of halogens is 2. The Morgan fingerprint density at radius 2 is 2.04 bits per heavy atom. The zero-order valence-electron chi connectivity index (χ0n) is 15.2. The van der Waals surface area contributed by atoms with Gasteiger partial charge in [-0.2, -0.15) is 0 Å². The predicted molar refractivity (Wildman–Crippen MR) is 119 cm³/mol. The van der Waals surface area contributed by atoms with Crippen LogP contribution in [0.4, 0.5) is 0 Å². The minimum absolute atomic E-state index is 0. The van der Waals surface area contributed by atoms with Gasteiger partial charge in [0.05, 0.1) is 6.61 Å². The van der Waals surface area contributed by atoms with E-state index in [9.17, 15) is 0 Å². The van der Waals surface area contributed by atoms with E-state index in [2.05, 4.69) is 39.7 Å². The number of ether oxygens (including phenoxy) is 1. The number of guanidine groups is 1. The number of aliphatic imine (C=N–C) groups is 1. The first-order chi connectivity index (χ1) is 12.2. The van der Waals surface area contributed by atoms with Crippen molar-refractivity contribution in [2.45, 2.75) is 26.3 Å². The molecule has 2 N–H and O–H groups in total. The highest BCUT2D eigenvalue weighted by molar-refractivity contribution is 14.0. The number of nitrogens with one attached hydrogen (secondary N) is 2. The fourth-order valence-corrected chi connectivity index (χ4v) is 2.36. The van der Waals surface area contributed by atoms with Crippen molar-refractivity contribution in [3.05, 3.63) is 58.9 Å². The number of nitrogens with zero attached hydrogens (tertiary/aromatic N) is 2. The Bertz CT molecular complexity index is 679. The van der Waals surface area contributed by atoms with Gasteiger partial charge in [-0.3, -0.25) is 4.99 Å². The fraction of sp³-hybridized carbons (Fsp3) is 0.368. The lowest BCUT2D eigenvalue weighted by Gasteiger charge is -2.13. The molecule has 5 nitrogen and oxygen atoms in total. The maximum atomic E-state index is 5.79. The lowest BCUT2D eigenvalue weighted by atomic mass is 10.2. The molecule has 0 unspecified atom stereocenters.